The molecule has 1 aromatic heterocycles. The highest BCUT2D eigenvalue weighted by Crippen LogP contribution is 2.27. The molecule has 1 aromatic carbocycles. The average Bonchev–Trinajstić information content (AvgIpc) is 2.98. The van der Waals surface area contributed by atoms with Crippen molar-refractivity contribution < 1.29 is 9.52 Å². The van der Waals surface area contributed by atoms with Gasteiger partial charge >= 0.3 is 0 Å². The molecule has 0 bridgehead atoms. The van der Waals surface area contributed by atoms with Crippen LogP contribution in [-0.2, 0) is 6.54 Å². The maximum Gasteiger partial charge on any atom is 0.134 e. The summed E-state index contributed by atoms with van der Waals surface area (Å²) in [6.07, 6.45) is 0.839. The van der Waals surface area contributed by atoms with Crippen LogP contribution in [-0.4, -0.2) is 54.2 Å². The Balaban J connectivity index is 1.75. The van der Waals surface area contributed by atoms with Crippen LogP contribution >= 0.6 is 0 Å². The maximum atomic E-state index is 9.25. The average molecular weight is 314 g/mol. The van der Waals surface area contributed by atoms with E-state index in [0.29, 0.717) is 6.04 Å². The largest absolute Gasteiger partial charge is 0.461 e. The number of furan rings is 1. The molecule has 3 rings (SSSR count). The molecule has 1 aliphatic rings. The van der Waals surface area contributed by atoms with Gasteiger partial charge in [-0.3, -0.25) is 4.90 Å². The summed E-state index contributed by atoms with van der Waals surface area (Å²) in [7, 11) is 2.15. The molecule has 23 heavy (non-hydrogen) atoms. The Morgan fingerprint density at radius 3 is 2.74 bits per heavy atom. The monoisotopic (exact) mass is 314 g/mol. The summed E-state index contributed by atoms with van der Waals surface area (Å²) in [5, 5.41) is 9.25. The zero-order valence-corrected chi connectivity index (χ0v) is 14.0. The number of hydrogen-bond donors (Lipinski definition) is 1. The predicted molar refractivity (Wildman–Crippen MR) is 92.3 cm³/mol. The Bertz CT molecular complexity index is 638. The molecule has 1 N–H and O–H groups in total. The van der Waals surface area contributed by atoms with Crippen LogP contribution in [0.4, 0.5) is 0 Å². The molecule has 2 aromatic rings. The van der Waals surface area contributed by atoms with E-state index in [9.17, 15) is 5.11 Å². The van der Waals surface area contributed by atoms with E-state index in [-0.39, 0.29) is 6.61 Å². The molecule has 1 fully saturated rings. The lowest BCUT2D eigenvalue weighted by atomic mass is 10.0. The zero-order chi connectivity index (χ0) is 16.2. The first-order valence-electron chi connectivity index (χ1n) is 8.35. The summed E-state index contributed by atoms with van der Waals surface area (Å²) >= 11 is 0. The first-order valence-corrected chi connectivity index (χ1v) is 8.35. The third kappa shape index (κ3) is 3.83. The molecule has 0 saturated carbocycles. The summed E-state index contributed by atoms with van der Waals surface area (Å²) in [6.45, 7) is 6.27. The fourth-order valence-electron chi connectivity index (χ4n) is 3.33. The number of aryl methyl sites for hydroxylation is 1. The molecule has 1 atom stereocenters. The molecule has 4 nitrogen and oxygen atoms in total. The Morgan fingerprint density at radius 1 is 1.17 bits per heavy atom. The lowest BCUT2D eigenvalue weighted by Crippen LogP contribution is -2.51. The molecule has 0 amide bonds. The normalized spacial score (nSPS) is 20.0. The van der Waals surface area contributed by atoms with Crippen molar-refractivity contribution in [3.05, 3.63) is 47.7 Å². The number of piperazine rings is 1. The second-order valence-electron chi connectivity index (χ2n) is 6.45. The SMILES string of the molecule is Cc1ccc(-c2ccccc2CN2CCN(C)C(CCO)C2)o1. The van der Waals surface area contributed by atoms with Gasteiger partial charge in [-0.2, -0.15) is 0 Å². The lowest BCUT2D eigenvalue weighted by Gasteiger charge is -2.39. The van der Waals surface area contributed by atoms with Gasteiger partial charge in [-0.05, 0) is 38.1 Å². The smallest absolute Gasteiger partial charge is 0.134 e. The highest BCUT2D eigenvalue weighted by molar-refractivity contribution is 5.62. The molecule has 124 valence electrons. The second-order valence-corrected chi connectivity index (χ2v) is 6.45. The van der Waals surface area contributed by atoms with E-state index in [1.807, 2.05) is 19.1 Å². The fraction of sp³-hybridized carbons (Fsp3) is 0.474. The van der Waals surface area contributed by atoms with E-state index >= 15 is 0 Å². The topological polar surface area (TPSA) is 39.9 Å². The summed E-state index contributed by atoms with van der Waals surface area (Å²) in [4.78, 5) is 4.84. The van der Waals surface area contributed by atoms with E-state index in [4.69, 9.17) is 4.42 Å². The number of nitrogens with zero attached hydrogens (tertiary/aromatic N) is 2. The van der Waals surface area contributed by atoms with Crippen molar-refractivity contribution in [2.24, 2.45) is 0 Å². The van der Waals surface area contributed by atoms with Crippen molar-refractivity contribution >= 4 is 0 Å². The van der Waals surface area contributed by atoms with E-state index in [0.717, 1.165) is 44.1 Å². The lowest BCUT2D eigenvalue weighted by molar-refractivity contribution is 0.0744. The molecule has 2 heterocycles. The molecule has 0 aliphatic carbocycles. The number of rotatable bonds is 5. The van der Waals surface area contributed by atoms with E-state index in [1.54, 1.807) is 0 Å². The van der Waals surface area contributed by atoms with E-state index < -0.39 is 0 Å². The van der Waals surface area contributed by atoms with Crippen molar-refractivity contribution in [3.63, 3.8) is 0 Å². The Morgan fingerprint density at radius 2 is 2.00 bits per heavy atom. The van der Waals surface area contributed by atoms with Crippen molar-refractivity contribution in [3.8, 4) is 11.3 Å². The van der Waals surface area contributed by atoms with Crippen LogP contribution in [0.25, 0.3) is 11.3 Å². The number of aliphatic hydroxyl groups is 1. The van der Waals surface area contributed by atoms with Crippen molar-refractivity contribution in [2.45, 2.75) is 25.9 Å². The van der Waals surface area contributed by atoms with Crippen molar-refractivity contribution in [2.75, 3.05) is 33.3 Å². The Hall–Kier alpha value is -1.62. The molecule has 4 heteroatoms. The molecule has 1 saturated heterocycles. The van der Waals surface area contributed by atoms with Crippen LogP contribution in [0, 0.1) is 6.92 Å². The van der Waals surface area contributed by atoms with Gasteiger partial charge in [-0.1, -0.05) is 24.3 Å². The van der Waals surface area contributed by atoms with Gasteiger partial charge in [0.25, 0.3) is 0 Å². The number of likely N-dealkylation sites (N-methyl/N-ethyl adjacent to an activating group) is 1. The minimum absolute atomic E-state index is 0.255. The number of hydrogen-bond acceptors (Lipinski definition) is 4. The summed E-state index contributed by atoms with van der Waals surface area (Å²) in [5.74, 6) is 1.89. The maximum absolute atomic E-state index is 9.25. The summed E-state index contributed by atoms with van der Waals surface area (Å²) in [6, 6.07) is 13.0. The van der Waals surface area contributed by atoms with Gasteiger partial charge in [0.05, 0.1) is 0 Å². The van der Waals surface area contributed by atoms with Crippen LogP contribution in [0.3, 0.4) is 0 Å². The van der Waals surface area contributed by atoms with Gasteiger partial charge in [-0.25, -0.2) is 0 Å². The van der Waals surface area contributed by atoms with E-state index in [1.165, 1.54) is 11.1 Å². The Labute approximate surface area is 138 Å². The molecule has 1 aliphatic heterocycles. The van der Waals surface area contributed by atoms with E-state index in [2.05, 4.69) is 41.1 Å². The van der Waals surface area contributed by atoms with Crippen LogP contribution in [0.2, 0.25) is 0 Å². The van der Waals surface area contributed by atoms with Gasteiger partial charge in [0.2, 0.25) is 0 Å². The Kier molecular flexibility index (Phi) is 5.16. The van der Waals surface area contributed by atoms with Crippen LogP contribution in [0.1, 0.15) is 17.7 Å². The van der Waals surface area contributed by atoms with Crippen molar-refractivity contribution in [1.29, 1.82) is 0 Å². The number of aliphatic hydroxyl groups excluding tert-OH is 1. The highest BCUT2D eigenvalue weighted by atomic mass is 16.3. The minimum Gasteiger partial charge on any atom is -0.461 e. The van der Waals surface area contributed by atoms with Gasteiger partial charge in [0, 0.05) is 44.4 Å². The third-order valence-corrected chi connectivity index (χ3v) is 4.74. The van der Waals surface area contributed by atoms with Crippen LogP contribution < -0.4 is 0 Å². The minimum atomic E-state index is 0.255. The first-order chi connectivity index (χ1) is 11.2. The third-order valence-electron chi connectivity index (χ3n) is 4.74. The second kappa shape index (κ2) is 7.30. The molecule has 0 spiro atoms. The molecule has 1 unspecified atom stereocenters. The quantitative estimate of drug-likeness (QED) is 0.921. The van der Waals surface area contributed by atoms with Crippen LogP contribution in [0.5, 0.6) is 0 Å². The molecule has 0 radical (unpaired) electrons. The summed E-state index contributed by atoms with van der Waals surface area (Å²) in [5.41, 5.74) is 2.48. The van der Waals surface area contributed by atoms with Crippen molar-refractivity contribution in [1.82, 2.24) is 9.80 Å². The van der Waals surface area contributed by atoms with Crippen LogP contribution in [0.15, 0.2) is 40.8 Å². The highest BCUT2D eigenvalue weighted by Gasteiger charge is 2.24. The van der Waals surface area contributed by atoms with Gasteiger partial charge in [0.1, 0.15) is 11.5 Å². The van der Waals surface area contributed by atoms with Gasteiger partial charge in [0.15, 0.2) is 0 Å². The molecular weight excluding hydrogens is 288 g/mol. The summed E-state index contributed by atoms with van der Waals surface area (Å²) < 4.78 is 5.82. The zero-order valence-electron chi connectivity index (χ0n) is 14.0. The number of benzene rings is 1. The van der Waals surface area contributed by atoms with Gasteiger partial charge in [-0.15, -0.1) is 0 Å². The predicted octanol–water partition coefficient (Wildman–Crippen LogP) is 2.75. The first kappa shape index (κ1) is 16.2. The molecular formula is C19H26N2O2. The van der Waals surface area contributed by atoms with Gasteiger partial charge < -0.3 is 14.4 Å². The standard InChI is InChI=1S/C19H26N2O2/c1-15-7-8-19(23-15)18-6-4-3-5-16(18)13-21-11-10-20(2)17(14-21)9-12-22/h3-8,17,22H,9-14H2,1-2H3. The fourth-order valence-corrected chi connectivity index (χ4v) is 3.33.